The minimum absolute atomic E-state index is 0.503. The number of hydrogen-bond donors (Lipinski definition) is 2. The molecular weight excluding hydrogens is 398 g/mol. The van der Waals surface area contributed by atoms with E-state index in [0.717, 1.165) is 24.2 Å². The van der Waals surface area contributed by atoms with Gasteiger partial charge in [0.05, 0.1) is 13.1 Å². The number of hydrogen-bond acceptors (Lipinski definition) is 4. The number of nitrogens with one attached hydrogen (secondary N) is 2. The first-order valence-electron chi connectivity index (χ1n) is 12.4. The smallest absolute Gasteiger partial charge is 0.192 e. The van der Waals surface area contributed by atoms with Crippen LogP contribution in [0.25, 0.3) is 0 Å². The summed E-state index contributed by atoms with van der Waals surface area (Å²) in [6, 6.07) is 9.50. The molecule has 174 valence electrons. The van der Waals surface area contributed by atoms with Crippen molar-refractivity contribution in [1.82, 2.24) is 30.3 Å². The molecule has 0 radical (unpaired) electrons. The van der Waals surface area contributed by atoms with Crippen LogP contribution in [0.15, 0.2) is 29.3 Å². The van der Waals surface area contributed by atoms with E-state index >= 15 is 0 Å². The summed E-state index contributed by atoms with van der Waals surface area (Å²) in [4.78, 5) is 7.48. The van der Waals surface area contributed by atoms with Crippen molar-refractivity contribution in [2.24, 2.45) is 12.0 Å². The average Bonchev–Trinajstić information content (AvgIpc) is 3.15. The zero-order valence-electron chi connectivity index (χ0n) is 19.8. The Morgan fingerprint density at radius 3 is 2.34 bits per heavy atom. The maximum atomic E-state index is 4.91. The number of guanidine groups is 1. The van der Waals surface area contributed by atoms with E-state index in [1.165, 1.54) is 75.6 Å². The van der Waals surface area contributed by atoms with Gasteiger partial charge in [-0.3, -0.25) is 4.90 Å². The van der Waals surface area contributed by atoms with E-state index in [1.54, 1.807) is 0 Å². The SMILES string of the molecule is Cc1nnc(CNC(=NCc2ccc(CN3CCCCC3)cc2)NC2CCCCC2)n1C. The van der Waals surface area contributed by atoms with Gasteiger partial charge in [-0.1, -0.05) is 49.9 Å². The van der Waals surface area contributed by atoms with Crippen LogP contribution < -0.4 is 10.6 Å². The molecule has 0 amide bonds. The van der Waals surface area contributed by atoms with Crippen LogP contribution in [0.1, 0.15) is 74.1 Å². The van der Waals surface area contributed by atoms with Crippen molar-refractivity contribution >= 4 is 5.96 Å². The lowest BCUT2D eigenvalue weighted by Gasteiger charge is -2.26. The molecule has 1 aliphatic heterocycles. The van der Waals surface area contributed by atoms with Crippen molar-refractivity contribution in [2.75, 3.05) is 13.1 Å². The third-order valence-electron chi connectivity index (χ3n) is 6.84. The molecule has 2 aliphatic rings. The molecule has 2 fully saturated rings. The number of aryl methyl sites for hydroxylation is 1. The van der Waals surface area contributed by atoms with Crippen LogP contribution in [-0.2, 0) is 26.7 Å². The highest BCUT2D eigenvalue weighted by atomic mass is 15.3. The number of nitrogens with zero attached hydrogens (tertiary/aromatic N) is 5. The van der Waals surface area contributed by atoms with Crippen molar-refractivity contribution < 1.29 is 0 Å². The molecular formula is C25H39N7. The Morgan fingerprint density at radius 2 is 1.66 bits per heavy atom. The number of aliphatic imine (C=N–C) groups is 1. The van der Waals surface area contributed by atoms with Gasteiger partial charge in [0.15, 0.2) is 11.8 Å². The van der Waals surface area contributed by atoms with Crippen LogP contribution in [0.2, 0.25) is 0 Å². The van der Waals surface area contributed by atoms with Crippen LogP contribution in [0.4, 0.5) is 0 Å². The average molecular weight is 438 g/mol. The van der Waals surface area contributed by atoms with Crippen molar-refractivity contribution in [3.63, 3.8) is 0 Å². The lowest BCUT2D eigenvalue weighted by molar-refractivity contribution is 0.221. The summed E-state index contributed by atoms with van der Waals surface area (Å²) in [6.45, 7) is 6.80. The summed E-state index contributed by atoms with van der Waals surface area (Å²) in [7, 11) is 2.00. The number of benzene rings is 1. The molecule has 7 heteroatoms. The monoisotopic (exact) mass is 437 g/mol. The fraction of sp³-hybridized carbons (Fsp3) is 0.640. The standard InChI is InChI=1S/C25H39N7/c1-20-29-30-24(31(20)2)18-27-25(28-23-9-5-3-6-10-23)26-17-21-11-13-22(14-12-21)19-32-15-7-4-8-16-32/h11-14,23H,3-10,15-19H2,1-2H3,(H2,26,27,28). The Hall–Kier alpha value is -2.41. The molecule has 1 saturated carbocycles. The molecule has 2 aromatic rings. The second-order valence-corrected chi connectivity index (χ2v) is 9.37. The Balaban J connectivity index is 1.36. The molecule has 0 atom stereocenters. The largest absolute Gasteiger partial charge is 0.354 e. The van der Waals surface area contributed by atoms with E-state index in [2.05, 4.69) is 50.0 Å². The molecule has 32 heavy (non-hydrogen) atoms. The minimum atomic E-state index is 0.503. The lowest BCUT2D eigenvalue weighted by Crippen LogP contribution is -2.44. The molecule has 1 saturated heterocycles. The van der Waals surface area contributed by atoms with Gasteiger partial charge >= 0.3 is 0 Å². The zero-order valence-corrected chi connectivity index (χ0v) is 19.8. The Bertz CT molecular complexity index is 859. The van der Waals surface area contributed by atoms with Gasteiger partial charge in [-0.05, 0) is 56.8 Å². The van der Waals surface area contributed by atoms with E-state index in [9.17, 15) is 0 Å². The molecule has 2 N–H and O–H groups in total. The lowest BCUT2D eigenvalue weighted by atomic mass is 9.96. The third-order valence-corrected chi connectivity index (χ3v) is 6.84. The predicted molar refractivity (Wildman–Crippen MR) is 129 cm³/mol. The molecule has 2 heterocycles. The number of aromatic nitrogens is 3. The van der Waals surface area contributed by atoms with E-state index in [1.807, 2.05) is 18.5 Å². The van der Waals surface area contributed by atoms with Crippen LogP contribution in [0, 0.1) is 6.92 Å². The number of likely N-dealkylation sites (tertiary alicyclic amines) is 1. The van der Waals surface area contributed by atoms with Crippen LogP contribution in [-0.4, -0.2) is 44.8 Å². The van der Waals surface area contributed by atoms with Gasteiger partial charge in [0.2, 0.25) is 0 Å². The second-order valence-electron chi connectivity index (χ2n) is 9.37. The summed E-state index contributed by atoms with van der Waals surface area (Å²) in [5, 5.41) is 15.6. The first kappa shape index (κ1) is 22.8. The molecule has 1 aromatic heterocycles. The zero-order chi connectivity index (χ0) is 22.2. The Kier molecular flexibility index (Phi) is 8.15. The Morgan fingerprint density at radius 1 is 0.969 bits per heavy atom. The fourth-order valence-corrected chi connectivity index (χ4v) is 4.66. The van der Waals surface area contributed by atoms with E-state index in [0.29, 0.717) is 19.1 Å². The highest BCUT2D eigenvalue weighted by Gasteiger charge is 2.15. The minimum Gasteiger partial charge on any atom is -0.354 e. The molecule has 0 spiro atoms. The third kappa shape index (κ3) is 6.55. The fourth-order valence-electron chi connectivity index (χ4n) is 4.66. The van der Waals surface area contributed by atoms with Gasteiger partial charge in [0.1, 0.15) is 5.82 Å². The van der Waals surface area contributed by atoms with Crippen molar-refractivity contribution in [3.05, 3.63) is 47.0 Å². The highest BCUT2D eigenvalue weighted by Crippen LogP contribution is 2.17. The van der Waals surface area contributed by atoms with Gasteiger partial charge in [-0.15, -0.1) is 10.2 Å². The summed E-state index contributed by atoms with van der Waals surface area (Å²) in [5.74, 6) is 2.71. The maximum Gasteiger partial charge on any atom is 0.192 e. The summed E-state index contributed by atoms with van der Waals surface area (Å²) < 4.78 is 2.02. The topological polar surface area (TPSA) is 70.4 Å². The second kappa shape index (κ2) is 11.5. The van der Waals surface area contributed by atoms with E-state index in [4.69, 9.17) is 4.99 Å². The first-order valence-corrected chi connectivity index (χ1v) is 12.4. The van der Waals surface area contributed by atoms with E-state index in [-0.39, 0.29) is 0 Å². The van der Waals surface area contributed by atoms with Gasteiger partial charge in [-0.2, -0.15) is 0 Å². The molecule has 1 aromatic carbocycles. The van der Waals surface area contributed by atoms with E-state index < -0.39 is 0 Å². The van der Waals surface area contributed by atoms with Gasteiger partial charge in [-0.25, -0.2) is 4.99 Å². The first-order chi connectivity index (χ1) is 15.7. The van der Waals surface area contributed by atoms with Crippen molar-refractivity contribution in [1.29, 1.82) is 0 Å². The Labute approximate surface area is 192 Å². The van der Waals surface area contributed by atoms with Crippen molar-refractivity contribution in [3.8, 4) is 0 Å². The maximum absolute atomic E-state index is 4.91. The van der Waals surface area contributed by atoms with Gasteiger partial charge in [0.25, 0.3) is 0 Å². The molecule has 7 nitrogen and oxygen atoms in total. The summed E-state index contributed by atoms with van der Waals surface area (Å²) in [6.07, 6.45) is 10.4. The molecule has 0 unspecified atom stereocenters. The molecule has 1 aliphatic carbocycles. The quantitative estimate of drug-likeness (QED) is 0.511. The van der Waals surface area contributed by atoms with Gasteiger partial charge < -0.3 is 15.2 Å². The van der Waals surface area contributed by atoms with Crippen molar-refractivity contribution in [2.45, 2.75) is 84.0 Å². The number of rotatable bonds is 7. The summed E-state index contributed by atoms with van der Waals surface area (Å²) in [5.41, 5.74) is 2.64. The number of piperidine rings is 1. The molecule has 4 rings (SSSR count). The highest BCUT2D eigenvalue weighted by molar-refractivity contribution is 5.80. The summed E-state index contributed by atoms with van der Waals surface area (Å²) >= 11 is 0. The van der Waals surface area contributed by atoms with Crippen LogP contribution in [0.5, 0.6) is 0 Å². The van der Waals surface area contributed by atoms with Crippen LogP contribution >= 0.6 is 0 Å². The predicted octanol–water partition coefficient (Wildman–Crippen LogP) is 3.68. The molecule has 0 bridgehead atoms. The van der Waals surface area contributed by atoms with Crippen LogP contribution in [0.3, 0.4) is 0 Å². The normalized spacial score (nSPS) is 18.6. The van der Waals surface area contributed by atoms with Gasteiger partial charge in [0, 0.05) is 19.6 Å².